The fourth-order valence-corrected chi connectivity index (χ4v) is 2.04. The molecule has 20 heavy (non-hydrogen) atoms. The minimum atomic E-state index is -0.379. The minimum Gasteiger partial charge on any atom is -0.465 e. The van der Waals surface area contributed by atoms with Gasteiger partial charge in [0.15, 0.2) is 0 Å². The summed E-state index contributed by atoms with van der Waals surface area (Å²) in [6, 6.07) is 11.8. The van der Waals surface area contributed by atoms with E-state index in [9.17, 15) is 9.18 Å². The molecule has 0 radical (unpaired) electrons. The van der Waals surface area contributed by atoms with Gasteiger partial charge in [0.25, 0.3) is 0 Å². The van der Waals surface area contributed by atoms with Crippen LogP contribution >= 0.6 is 15.9 Å². The molecule has 2 aromatic carbocycles. The van der Waals surface area contributed by atoms with E-state index in [0.29, 0.717) is 22.1 Å². The van der Waals surface area contributed by atoms with Crippen LogP contribution < -0.4 is 5.32 Å². The van der Waals surface area contributed by atoms with Crippen molar-refractivity contribution in [2.24, 2.45) is 0 Å². The highest BCUT2D eigenvalue weighted by Gasteiger charge is 2.05. The number of benzene rings is 2. The summed E-state index contributed by atoms with van der Waals surface area (Å²) in [6.45, 7) is 0.372. The van der Waals surface area contributed by atoms with Gasteiger partial charge < -0.3 is 10.1 Å². The van der Waals surface area contributed by atoms with Crippen LogP contribution in [-0.2, 0) is 11.3 Å². The Balaban J connectivity index is 2.02. The van der Waals surface area contributed by atoms with Gasteiger partial charge in [-0.3, -0.25) is 0 Å². The minimum absolute atomic E-state index is 0.266. The van der Waals surface area contributed by atoms with E-state index in [0.717, 1.165) is 5.69 Å². The Labute approximate surface area is 124 Å². The summed E-state index contributed by atoms with van der Waals surface area (Å²) in [6.07, 6.45) is 0. The number of halogens is 2. The third-order valence-electron chi connectivity index (χ3n) is 2.80. The van der Waals surface area contributed by atoms with E-state index < -0.39 is 0 Å². The van der Waals surface area contributed by atoms with E-state index in [1.165, 1.54) is 13.2 Å². The lowest BCUT2D eigenvalue weighted by Gasteiger charge is -2.08. The highest BCUT2D eigenvalue weighted by Crippen LogP contribution is 2.17. The van der Waals surface area contributed by atoms with E-state index in [4.69, 9.17) is 0 Å². The average molecular weight is 338 g/mol. The van der Waals surface area contributed by atoms with Gasteiger partial charge >= 0.3 is 5.97 Å². The molecule has 1 N–H and O–H groups in total. The summed E-state index contributed by atoms with van der Waals surface area (Å²) in [5.74, 6) is -0.645. The number of nitrogens with one attached hydrogen (secondary N) is 1. The molecule has 0 aliphatic rings. The summed E-state index contributed by atoms with van der Waals surface area (Å²) in [5, 5.41) is 3.10. The maximum Gasteiger partial charge on any atom is 0.337 e. The van der Waals surface area contributed by atoms with Crippen molar-refractivity contribution >= 4 is 27.6 Å². The number of ether oxygens (including phenoxy) is 1. The Morgan fingerprint density at radius 3 is 2.55 bits per heavy atom. The maximum absolute atomic E-state index is 13.6. The Kier molecular flexibility index (Phi) is 4.74. The van der Waals surface area contributed by atoms with Crippen molar-refractivity contribution in [3.05, 3.63) is 63.9 Å². The molecule has 5 heteroatoms. The molecule has 2 rings (SSSR count). The second-order valence-electron chi connectivity index (χ2n) is 4.16. The molecule has 0 spiro atoms. The van der Waals surface area contributed by atoms with Gasteiger partial charge in [-0.15, -0.1) is 0 Å². The predicted molar refractivity (Wildman–Crippen MR) is 79.2 cm³/mol. The van der Waals surface area contributed by atoms with Crippen LogP contribution in [0.4, 0.5) is 10.1 Å². The topological polar surface area (TPSA) is 38.3 Å². The first-order valence-corrected chi connectivity index (χ1v) is 6.75. The van der Waals surface area contributed by atoms with Crippen LogP contribution in [0.2, 0.25) is 0 Å². The van der Waals surface area contributed by atoms with Gasteiger partial charge in [0.2, 0.25) is 0 Å². The van der Waals surface area contributed by atoms with Crippen LogP contribution in [-0.4, -0.2) is 13.1 Å². The number of esters is 1. The molecule has 0 heterocycles. The van der Waals surface area contributed by atoms with Gasteiger partial charge in [0.05, 0.1) is 12.7 Å². The average Bonchev–Trinajstić information content (AvgIpc) is 2.46. The van der Waals surface area contributed by atoms with Crippen LogP contribution in [0.15, 0.2) is 46.9 Å². The molecular formula is C15H13BrFNO2. The molecular weight excluding hydrogens is 325 g/mol. The Hall–Kier alpha value is -1.88. The molecule has 3 nitrogen and oxygen atoms in total. The zero-order valence-electron chi connectivity index (χ0n) is 10.8. The largest absolute Gasteiger partial charge is 0.465 e. The van der Waals surface area contributed by atoms with Gasteiger partial charge in [0, 0.05) is 22.3 Å². The molecule has 0 amide bonds. The van der Waals surface area contributed by atoms with E-state index >= 15 is 0 Å². The van der Waals surface area contributed by atoms with Gasteiger partial charge in [-0.25, -0.2) is 9.18 Å². The highest BCUT2D eigenvalue weighted by atomic mass is 79.9. The van der Waals surface area contributed by atoms with Gasteiger partial charge in [-0.2, -0.15) is 0 Å². The number of rotatable bonds is 4. The molecule has 0 saturated carbocycles. The van der Waals surface area contributed by atoms with Crippen molar-refractivity contribution in [1.29, 1.82) is 0 Å². The van der Waals surface area contributed by atoms with E-state index in [-0.39, 0.29) is 11.8 Å². The van der Waals surface area contributed by atoms with Gasteiger partial charge in [0.1, 0.15) is 5.82 Å². The summed E-state index contributed by atoms with van der Waals surface area (Å²) >= 11 is 3.22. The standard InChI is InChI=1S/C15H13BrFNO2/c1-20-15(19)10-3-6-13(7-4-10)18-9-11-2-5-12(16)8-14(11)17/h2-8,18H,9H2,1H3. The Morgan fingerprint density at radius 1 is 1.25 bits per heavy atom. The molecule has 2 aromatic rings. The second kappa shape index (κ2) is 6.52. The Bertz CT molecular complexity index is 614. The molecule has 0 aliphatic carbocycles. The van der Waals surface area contributed by atoms with Crippen molar-refractivity contribution in [3.8, 4) is 0 Å². The van der Waals surface area contributed by atoms with E-state index in [2.05, 4.69) is 26.0 Å². The molecule has 104 valence electrons. The first kappa shape index (κ1) is 14.5. The molecule has 0 fully saturated rings. The quantitative estimate of drug-likeness (QED) is 0.857. The number of carbonyl (C=O) groups is 1. The van der Waals surface area contributed by atoms with Crippen molar-refractivity contribution < 1.29 is 13.9 Å². The predicted octanol–water partition coefficient (Wildman–Crippen LogP) is 3.99. The van der Waals surface area contributed by atoms with Crippen LogP contribution in [0.25, 0.3) is 0 Å². The number of hydrogen-bond acceptors (Lipinski definition) is 3. The molecule has 0 atom stereocenters. The Morgan fingerprint density at radius 2 is 1.95 bits per heavy atom. The lowest BCUT2D eigenvalue weighted by Crippen LogP contribution is -2.03. The van der Waals surface area contributed by atoms with Crippen molar-refractivity contribution in [1.82, 2.24) is 0 Å². The highest BCUT2D eigenvalue weighted by molar-refractivity contribution is 9.10. The SMILES string of the molecule is COC(=O)c1ccc(NCc2ccc(Br)cc2F)cc1. The fraction of sp³-hybridized carbons (Fsp3) is 0.133. The van der Waals surface area contributed by atoms with E-state index in [1.54, 1.807) is 36.4 Å². The molecule has 0 saturated heterocycles. The third-order valence-corrected chi connectivity index (χ3v) is 3.30. The second-order valence-corrected chi connectivity index (χ2v) is 5.07. The molecule has 0 bridgehead atoms. The maximum atomic E-state index is 13.6. The molecule has 0 aliphatic heterocycles. The lowest BCUT2D eigenvalue weighted by molar-refractivity contribution is 0.0601. The lowest BCUT2D eigenvalue weighted by atomic mass is 10.2. The zero-order chi connectivity index (χ0) is 14.5. The number of carbonyl (C=O) groups excluding carboxylic acids is 1. The van der Waals surface area contributed by atoms with E-state index in [1.807, 2.05) is 0 Å². The van der Waals surface area contributed by atoms with Crippen LogP contribution in [0.3, 0.4) is 0 Å². The first-order valence-electron chi connectivity index (χ1n) is 5.96. The summed E-state index contributed by atoms with van der Waals surface area (Å²) in [5.41, 5.74) is 1.86. The summed E-state index contributed by atoms with van der Waals surface area (Å²) < 4.78 is 19.0. The number of methoxy groups -OCH3 is 1. The normalized spacial score (nSPS) is 10.2. The number of anilines is 1. The molecule has 0 unspecified atom stereocenters. The smallest absolute Gasteiger partial charge is 0.337 e. The third kappa shape index (κ3) is 3.57. The van der Waals surface area contributed by atoms with Crippen LogP contribution in [0, 0.1) is 5.82 Å². The number of hydrogen-bond donors (Lipinski definition) is 1. The zero-order valence-corrected chi connectivity index (χ0v) is 12.4. The summed E-state index contributed by atoms with van der Waals surface area (Å²) in [4.78, 5) is 11.3. The monoisotopic (exact) mass is 337 g/mol. The fourth-order valence-electron chi connectivity index (χ4n) is 1.70. The van der Waals surface area contributed by atoms with Crippen LogP contribution in [0.1, 0.15) is 15.9 Å². The van der Waals surface area contributed by atoms with Crippen molar-refractivity contribution in [2.75, 3.05) is 12.4 Å². The first-order chi connectivity index (χ1) is 9.60. The summed E-state index contributed by atoms with van der Waals surface area (Å²) in [7, 11) is 1.34. The van der Waals surface area contributed by atoms with Crippen molar-refractivity contribution in [2.45, 2.75) is 6.54 Å². The van der Waals surface area contributed by atoms with Crippen molar-refractivity contribution in [3.63, 3.8) is 0 Å². The van der Waals surface area contributed by atoms with Crippen LogP contribution in [0.5, 0.6) is 0 Å². The van der Waals surface area contributed by atoms with Gasteiger partial charge in [-0.1, -0.05) is 22.0 Å². The van der Waals surface area contributed by atoms with Gasteiger partial charge in [-0.05, 0) is 36.4 Å². The molecule has 0 aromatic heterocycles.